The fourth-order valence-electron chi connectivity index (χ4n) is 0.902. The van der Waals surface area contributed by atoms with Crippen LogP contribution < -0.4 is 0 Å². The molecule has 1 aromatic carbocycles. The summed E-state index contributed by atoms with van der Waals surface area (Å²) in [6, 6.07) is 10.8. The van der Waals surface area contributed by atoms with E-state index in [-0.39, 0.29) is 0 Å². The summed E-state index contributed by atoms with van der Waals surface area (Å²) < 4.78 is 0.685. The van der Waals surface area contributed by atoms with Crippen LogP contribution in [0.3, 0.4) is 0 Å². The topological polar surface area (TPSA) is 0 Å². The van der Waals surface area contributed by atoms with Gasteiger partial charge in [0.2, 0.25) is 0 Å². The van der Waals surface area contributed by atoms with Crippen molar-refractivity contribution >= 4 is 0 Å². The molecule has 0 unspecified atom stereocenters. The molecule has 0 atom stereocenters. The van der Waals surface area contributed by atoms with Crippen LogP contribution in [-0.4, -0.2) is 0 Å². The Bertz CT molecular complexity index is 273. The molecule has 1 radical (unpaired) electrons. The van der Waals surface area contributed by atoms with Crippen molar-refractivity contribution < 1.29 is 20.4 Å². The van der Waals surface area contributed by atoms with Crippen LogP contribution in [-0.2, 0) is 20.4 Å². The molecule has 0 fully saturated rings. The summed E-state index contributed by atoms with van der Waals surface area (Å²) in [6.45, 7) is 2.06. The van der Waals surface area contributed by atoms with Crippen LogP contribution in [0.2, 0.25) is 4.22 Å². The average Bonchev–Trinajstić information content (AvgIpc) is 2.58. The summed E-state index contributed by atoms with van der Waals surface area (Å²) >= 11 is 2.17. The second-order valence-electron chi connectivity index (χ2n) is 2.87. The van der Waals surface area contributed by atoms with Gasteiger partial charge in [0.05, 0.1) is 0 Å². The van der Waals surface area contributed by atoms with E-state index in [1.807, 2.05) is 24.3 Å². The minimum atomic E-state index is 0.685. The minimum absolute atomic E-state index is 0.685. The van der Waals surface area contributed by atoms with Gasteiger partial charge in [-0.05, 0) is 13.0 Å². The fraction of sp³-hybridized carbons (Fsp3) is 0.167. The molecule has 0 aliphatic heterocycles. The maximum atomic E-state index is 2.93. The van der Waals surface area contributed by atoms with Crippen molar-refractivity contribution in [3.8, 4) is 0 Å². The van der Waals surface area contributed by atoms with Crippen molar-refractivity contribution in [2.24, 2.45) is 0 Å². The molecule has 0 amide bonds. The molecule has 0 aromatic heterocycles. The number of benzene rings is 1. The van der Waals surface area contributed by atoms with Gasteiger partial charge in [-0.15, -0.1) is 0 Å². The molecule has 2 rings (SSSR count). The quantitative estimate of drug-likeness (QED) is 0.569. The van der Waals surface area contributed by atoms with E-state index in [0.717, 1.165) is 0 Å². The summed E-state index contributed by atoms with van der Waals surface area (Å²) in [4.78, 5) is 0. The van der Waals surface area contributed by atoms with Gasteiger partial charge in [-0.2, -0.15) is 0 Å². The third-order valence-electron chi connectivity index (χ3n) is 1.63. The first-order valence-electron chi connectivity index (χ1n) is 4.28. The normalized spacial score (nSPS) is 13.8. The zero-order chi connectivity index (χ0) is 9.52. The Morgan fingerprint density at radius 1 is 1.15 bits per heavy atom. The molecule has 1 aliphatic carbocycles. The Morgan fingerprint density at radius 2 is 1.69 bits per heavy atom. The Kier molecular flexibility index (Phi) is 4.81. The van der Waals surface area contributed by atoms with Gasteiger partial charge in [0, 0.05) is 0 Å². The molecule has 1 heteroatoms. The van der Waals surface area contributed by atoms with Crippen LogP contribution in [0, 0.1) is 13.0 Å². The number of aryl methyl sites for hydroxylation is 1. The van der Waals surface area contributed by atoms with Crippen LogP contribution in [0.25, 0.3) is 0 Å². The van der Waals surface area contributed by atoms with Crippen LogP contribution >= 0.6 is 0 Å². The Balaban J connectivity index is 0.000000132. The fourth-order valence-corrected chi connectivity index (χ4v) is 1.25. The molecule has 0 spiro atoms. The van der Waals surface area contributed by atoms with Gasteiger partial charge in [-0.25, -0.2) is 0 Å². The number of hydrogen-bond donors (Lipinski definition) is 0. The number of hydrogen-bond acceptors (Lipinski definition) is 0. The maximum absolute atomic E-state index is 2.93. The molecule has 0 N–H and O–H groups in total. The van der Waals surface area contributed by atoms with Crippen LogP contribution in [0.5, 0.6) is 0 Å². The van der Waals surface area contributed by atoms with Gasteiger partial charge in [0.15, 0.2) is 0 Å². The van der Waals surface area contributed by atoms with Gasteiger partial charge in [-0.3, -0.25) is 0 Å². The van der Waals surface area contributed by atoms with Crippen molar-refractivity contribution in [2.45, 2.75) is 11.1 Å². The van der Waals surface area contributed by atoms with Gasteiger partial charge in [-0.1, -0.05) is 29.8 Å². The van der Waals surface area contributed by atoms with Gasteiger partial charge >= 0.3 is 49.0 Å². The standard InChI is InChI=1S/C7H7.C5H5.Ti/c1-7-5-3-2-4-6-7;1-2-4-5-3-1;/h3-6H,1H3;1-5H;. The van der Waals surface area contributed by atoms with Crippen molar-refractivity contribution in [1.82, 2.24) is 0 Å². The molecule has 1 aromatic rings. The van der Waals surface area contributed by atoms with E-state index < -0.39 is 0 Å². The van der Waals surface area contributed by atoms with Crippen LogP contribution in [0.4, 0.5) is 0 Å². The molecular weight excluding hydrogens is 192 g/mol. The summed E-state index contributed by atoms with van der Waals surface area (Å²) in [5.41, 5.74) is 1.29. The van der Waals surface area contributed by atoms with Crippen molar-refractivity contribution in [1.29, 1.82) is 0 Å². The first kappa shape index (κ1) is 10.5. The summed E-state index contributed by atoms with van der Waals surface area (Å²) in [5.74, 6) is 0. The van der Waals surface area contributed by atoms with E-state index in [1.54, 1.807) is 0 Å². The zero-order valence-electron chi connectivity index (χ0n) is 7.70. The molecule has 0 bridgehead atoms. The number of allylic oxidation sites excluding steroid dienone is 4. The SMILES string of the molecule is Cc1cc[c]cc1.[Ti][CH]1C=CC=C1. The van der Waals surface area contributed by atoms with Gasteiger partial charge < -0.3 is 0 Å². The monoisotopic (exact) mass is 204 g/mol. The van der Waals surface area contributed by atoms with E-state index in [0.29, 0.717) is 4.22 Å². The van der Waals surface area contributed by atoms with E-state index in [9.17, 15) is 0 Å². The molecule has 64 valence electrons. The van der Waals surface area contributed by atoms with Crippen molar-refractivity contribution in [3.63, 3.8) is 0 Å². The van der Waals surface area contributed by atoms with E-state index in [1.165, 1.54) is 5.56 Å². The van der Waals surface area contributed by atoms with E-state index >= 15 is 0 Å². The van der Waals surface area contributed by atoms with Gasteiger partial charge in [0.25, 0.3) is 0 Å². The molecule has 0 saturated heterocycles. The predicted octanol–water partition coefficient (Wildman–Crippen LogP) is 3.24. The Hall–Kier alpha value is -0.586. The average molecular weight is 204 g/mol. The molecule has 0 nitrogen and oxygen atoms in total. The molecule has 13 heavy (non-hydrogen) atoms. The molecule has 0 saturated carbocycles. The van der Waals surface area contributed by atoms with Crippen molar-refractivity contribution in [2.75, 3.05) is 0 Å². The van der Waals surface area contributed by atoms with Crippen molar-refractivity contribution in [3.05, 3.63) is 60.2 Å². The molecule has 0 heterocycles. The first-order valence-corrected chi connectivity index (χ1v) is 5.18. The predicted molar refractivity (Wildman–Crippen MR) is 52.0 cm³/mol. The van der Waals surface area contributed by atoms with Gasteiger partial charge in [0.1, 0.15) is 0 Å². The summed E-state index contributed by atoms with van der Waals surface area (Å²) in [7, 11) is 0. The Labute approximate surface area is 91.8 Å². The van der Waals surface area contributed by atoms with E-state index in [4.69, 9.17) is 0 Å². The molecule has 1 aliphatic rings. The van der Waals surface area contributed by atoms with E-state index in [2.05, 4.69) is 57.7 Å². The third kappa shape index (κ3) is 4.87. The first-order chi connectivity index (χ1) is 6.29. The third-order valence-corrected chi connectivity index (χ3v) is 2.23. The second kappa shape index (κ2) is 5.96. The van der Waals surface area contributed by atoms with Crippen LogP contribution in [0.1, 0.15) is 5.56 Å². The zero-order valence-corrected chi connectivity index (χ0v) is 9.26. The summed E-state index contributed by atoms with van der Waals surface area (Å²) in [6.07, 6.45) is 8.48. The molecular formula is C12H12Ti. The Morgan fingerprint density at radius 3 is 1.92 bits per heavy atom. The van der Waals surface area contributed by atoms with Crippen LogP contribution in [0.15, 0.2) is 48.6 Å². The second-order valence-corrected chi connectivity index (χ2v) is 3.91. The summed E-state index contributed by atoms with van der Waals surface area (Å²) in [5, 5.41) is 0. The number of rotatable bonds is 0.